The molecule has 24 heavy (non-hydrogen) atoms. The smallest absolute Gasteiger partial charge is 0.315 e. The summed E-state index contributed by atoms with van der Waals surface area (Å²) in [6, 6.07) is 2.58. The van der Waals surface area contributed by atoms with Gasteiger partial charge in [0.05, 0.1) is 4.92 Å². The Morgan fingerprint density at radius 3 is 2.25 bits per heavy atom. The predicted molar refractivity (Wildman–Crippen MR) is 80.9 cm³/mol. The number of aryl methyl sites for hydroxylation is 1. The van der Waals surface area contributed by atoms with Crippen molar-refractivity contribution in [2.75, 3.05) is 0 Å². The lowest BCUT2D eigenvalue weighted by Crippen LogP contribution is -2.09. The molecule has 0 bridgehead atoms. The molecule has 1 aromatic rings. The topological polar surface area (TPSA) is 133 Å². The van der Waals surface area contributed by atoms with Crippen molar-refractivity contribution in [3.63, 3.8) is 0 Å². The molecule has 1 N–H and O–H groups in total. The predicted octanol–water partition coefficient (Wildman–Crippen LogP) is 2.24. The summed E-state index contributed by atoms with van der Waals surface area (Å²) in [7, 11) is 0. The zero-order valence-electron chi connectivity index (χ0n) is 13.2. The molecule has 0 saturated heterocycles. The van der Waals surface area contributed by atoms with Crippen molar-refractivity contribution in [1.29, 1.82) is 0 Å². The minimum absolute atomic E-state index is 0.00950. The summed E-state index contributed by atoms with van der Waals surface area (Å²) < 4.78 is 9.72. The molecule has 130 valence electrons. The first-order valence-electron chi connectivity index (χ1n) is 7.10. The molecule has 0 spiro atoms. The van der Waals surface area contributed by atoms with Gasteiger partial charge in [-0.25, -0.2) is 0 Å². The molecule has 9 nitrogen and oxygen atoms in total. The fourth-order valence-electron chi connectivity index (χ4n) is 2.01. The Bertz CT molecular complexity index is 668. The van der Waals surface area contributed by atoms with E-state index in [1.54, 1.807) is 0 Å². The second kappa shape index (κ2) is 8.61. The Morgan fingerprint density at radius 2 is 1.75 bits per heavy atom. The van der Waals surface area contributed by atoms with Crippen LogP contribution in [-0.2, 0) is 20.8 Å². The highest BCUT2D eigenvalue weighted by Crippen LogP contribution is 2.39. The highest BCUT2D eigenvalue weighted by Gasteiger charge is 2.25. The standard InChI is InChI=1S/C15H17NO8/c1-9(17)23-13-8-11(5-3-4-6-14(19)20)7-12(16(21)22)15(13)24-10(2)18/h7-8H,3-6H2,1-2H3,(H,19,20). The second-order valence-corrected chi connectivity index (χ2v) is 4.99. The molecular formula is C15H17NO8. The number of nitrogens with zero attached hydrogens (tertiary/aromatic N) is 1. The normalized spacial score (nSPS) is 10.1. The summed E-state index contributed by atoms with van der Waals surface area (Å²) in [4.78, 5) is 43.3. The van der Waals surface area contributed by atoms with E-state index in [0.29, 0.717) is 24.8 Å². The number of aliphatic carboxylic acids is 1. The number of carbonyl (C=O) groups is 3. The number of hydrogen-bond donors (Lipinski definition) is 1. The van der Waals surface area contributed by atoms with Gasteiger partial charge in [-0.2, -0.15) is 0 Å². The Kier molecular flexibility index (Phi) is 6.84. The van der Waals surface area contributed by atoms with Crippen LogP contribution in [0.5, 0.6) is 11.5 Å². The van der Waals surface area contributed by atoms with Crippen LogP contribution >= 0.6 is 0 Å². The van der Waals surface area contributed by atoms with Gasteiger partial charge in [-0.15, -0.1) is 0 Å². The van der Waals surface area contributed by atoms with Crippen molar-refractivity contribution in [3.05, 3.63) is 27.8 Å². The Morgan fingerprint density at radius 1 is 1.12 bits per heavy atom. The maximum atomic E-state index is 11.2. The van der Waals surface area contributed by atoms with E-state index in [-0.39, 0.29) is 12.2 Å². The molecule has 0 aliphatic rings. The van der Waals surface area contributed by atoms with Crippen LogP contribution in [0.3, 0.4) is 0 Å². The third kappa shape index (κ3) is 6.03. The van der Waals surface area contributed by atoms with Crippen molar-refractivity contribution >= 4 is 23.6 Å². The molecule has 0 radical (unpaired) electrons. The minimum atomic E-state index is -0.924. The molecule has 0 unspecified atom stereocenters. The highest BCUT2D eigenvalue weighted by atomic mass is 16.6. The second-order valence-electron chi connectivity index (χ2n) is 4.99. The monoisotopic (exact) mass is 339 g/mol. The Hall–Kier alpha value is -2.97. The number of carbonyl (C=O) groups excluding carboxylic acids is 2. The number of esters is 2. The molecular weight excluding hydrogens is 322 g/mol. The summed E-state index contributed by atoms with van der Waals surface area (Å²) in [6.45, 7) is 2.18. The summed E-state index contributed by atoms with van der Waals surface area (Å²) in [5.41, 5.74) is -0.0311. The zero-order valence-corrected chi connectivity index (χ0v) is 13.2. The third-order valence-electron chi connectivity index (χ3n) is 2.90. The maximum Gasteiger partial charge on any atom is 0.315 e. The minimum Gasteiger partial charge on any atom is -0.481 e. The van der Waals surface area contributed by atoms with Crippen molar-refractivity contribution in [1.82, 2.24) is 0 Å². The maximum absolute atomic E-state index is 11.2. The molecule has 0 aliphatic heterocycles. The van der Waals surface area contributed by atoms with Crippen LogP contribution in [0.2, 0.25) is 0 Å². The van der Waals surface area contributed by atoms with Crippen LogP contribution in [0.15, 0.2) is 12.1 Å². The van der Waals surface area contributed by atoms with E-state index in [2.05, 4.69) is 0 Å². The number of hydrogen-bond acceptors (Lipinski definition) is 7. The van der Waals surface area contributed by atoms with Crippen molar-refractivity contribution < 1.29 is 33.9 Å². The van der Waals surface area contributed by atoms with Gasteiger partial charge in [-0.3, -0.25) is 24.5 Å². The molecule has 1 aromatic carbocycles. The largest absolute Gasteiger partial charge is 0.481 e. The molecule has 0 saturated carbocycles. The quantitative estimate of drug-likeness (QED) is 0.251. The van der Waals surface area contributed by atoms with E-state index >= 15 is 0 Å². The fraction of sp³-hybridized carbons (Fsp3) is 0.400. The molecule has 9 heteroatoms. The molecule has 0 fully saturated rings. The van der Waals surface area contributed by atoms with Crippen molar-refractivity contribution in [2.24, 2.45) is 0 Å². The molecule has 0 heterocycles. The van der Waals surface area contributed by atoms with Gasteiger partial charge >= 0.3 is 23.6 Å². The van der Waals surface area contributed by atoms with E-state index < -0.39 is 34.3 Å². The van der Waals surface area contributed by atoms with Gasteiger partial charge in [0.25, 0.3) is 5.75 Å². The fourth-order valence-corrected chi connectivity index (χ4v) is 2.01. The number of unbranched alkanes of at least 4 members (excludes halogenated alkanes) is 1. The van der Waals surface area contributed by atoms with E-state index in [1.807, 2.05) is 0 Å². The van der Waals surface area contributed by atoms with E-state index in [9.17, 15) is 24.5 Å². The highest BCUT2D eigenvalue weighted by molar-refractivity contribution is 5.76. The molecule has 0 aliphatic carbocycles. The van der Waals surface area contributed by atoms with Gasteiger partial charge in [-0.1, -0.05) is 0 Å². The van der Waals surface area contributed by atoms with E-state index in [1.165, 1.54) is 12.1 Å². The summed E-state index contributed by atoms with van der Waals surface area (Å²) in [5.74, 6) is -3.09. The van der Waals surface area contributed by atoms with Gasteiger partial charge in [0.2, 0.25) is 0 Å². The molecule has 1 rings (SSSR count). The number of carboxylic acids is 1. The first kappa shape index (κ1) is 19.1. The number of ether oxygens (including phenoxy) is 2. The SMILES string of the molecule is CC(=O)Oc1cc(CCCCC(=O)O)cc([N+](=O)[O-])c1OC(C)=O. The van der Waals surface area contributed by atoms with Crippen LogP contribution < -0.4 is 9.47 Å². The Labute approximate surface area is 137 Å². The van der Waals surface area contributed by atoms with Crippen molar-refractivity contribution in [3.8, 4) is 11.5 Å². The first-order chi connectivity index (χ1) is 11.2. The van der Waals surface area contributed by atoms with Gasteiger partial charge in [-0.05, 0) is 30.9 Å². The third-order valence-corrected chi connectivity index (χ3v) is 2.90. The average molecular weight is 339 g/mol. The average Bonchev–Trinajstić information content (AvgIpc) is 2.44. The van der Waals surface area contributed by atoms with Gasteiger partial charge in [0.15, 0.2) is 5.75 Å². The van der Waals surface area contributed by atoms with Gasteiger partial charge in [0, 0.05) is 26.3 Å². The summed E-state index contributed by atoms with van der Waals surface area (Å²) in [6.07, 6.45) is 1.22. The van der Waals surface area contributed by atoms with E-state index in [4.69, 9.17) is 14.6 Å². The summed E-state index contributed by atoms with van der Waals surface area (Å²) in [5, 5.41) is 19.8. The van der Waals surface area contributed by atoms with Crippen LogP contribution in [0, 0.1) is 10.1 Å². The van der Waals surface area contributed by atoms with Crippen LogP contribution in [0.1, 0.15) is 38.7 Å². The summed E-state index contributed by atoms with van der Waals surface area (Å²) >= 11 is 0. The Balaban J connectivity index is 3.15. The number of rotatable bonds is 8. The number of carboxylic acid groups (broad SMARTS) is 1. The lowest BCUT2D eigenvalue weighted by Gasteiger charge is -2.11. The zero-order chi connectivity index (χ0) is 18.3. The number of nitro benzene ring substituents is 1. The lowest BCUT2D eigenvalue weighted by molar-refractivity contribution is -0.385. The molecule has 0 atom stereocenters. The molecule has 0 aromatic heterocycles. The first-order valence-corrected chi connectivity index (χ1v) is 7.10. The van der Waals surface area contributed by atoms with Crippen molar-refractivity contribution in [2.45, 2.75) is 39.5 Å². The van der Waals surface area contributed by atoms with Gasteiger partial charge < -0.3 is 14.6 Å². The number of benzene rings is 1. The van der Waals surface area contributed by atoms with Crippen LogP contribution in [-0.4, -0.2) is 27.9 Å². The van der Waals surface area contributed by atoms with Crippen LogP contribution in [0.4, 0.5) is 5.69 Å². The molecule has 0 amide bonds. The number of nitro groups is 1. The van der Waals surface area contributed by atoms with Gasteiger partial charge in [0.1, 0.15) is 0 Å². The van der Waals surface area contributed by atoms with E-state index in [0.717, 1.165) is 13.8 Å². The van der Waals surface area contributed by atoms with Crippen LogP contribution in [0.25, 0.3) is 0 Å². The lowest BCUT2D eigenvalue weighted by atomic mass is 10.1.